The third kappa shape index (κ3) is 3.01. The summed E-state index contributed by atoms with van der Waals surface area (Å²) in [6, 6.07) is 10.5. The van der Waals surface area contributed by atoms with Crippen LogP contribution in [0.5, 0.6) is 11.6 Å². The van der Waals surface area contributed by atoms with Crippen molar-refractivity contribution in [2.24, 2.45) is 0 Å². The van der Waals surface area contributed by atoms with E-state index in [1.165, 1.54) is 11.1 Å². The summed E-state index contributed by atoms with van der Waals surface area (Å²) in [5, 5.41) is 0. The second kappa shape index (κ2) is 5.39. The number of amides is 1. The monoisotopic (exact) mass is 257 g/mol. The van der Waals surface area contributed by atoms with Crippen molar-refractivity contribution >= 4 is 11.6 Å². The van der Waals surface area contributed by atoms with Gasteiger partial charge >= 0.3 is 0 Å². The normalized spacial score (nSPS) is 10.0. The number of aromatic nitrogens is 1. The number of anilines is 1. The van der Waals surface area contributed by atoms with E-state index in [1.807, 2.05) is 12.1 Å². The van der Waals surface area contributed by atoms with Gasteiger partial charge in [-0.2, -0.15) is 0 Å². The molecule has 0 atom stereocenters. The minimum Gasteiger partial charge on any atom is -0.437 e. The van der Waals surface area contributed by atoms with Gasteiger partial charge in [-0.1, -0.05) is 12.1 Å². The quantitative estimate of drug-likeness (QED) is 0.855. The van der Waals surface area contributed by atoms with E-state index in [2.05, 4.69) is 4.98 Å². The predicted octanol–water partition coefficient (Wildman–Crippen LogP) is 2.16. The number of nitrogens with two attached hydrogens (primary N) is 1. The third-order valence-electron chi connectivity index (χ3n) is 2.52. The van der Waals surface area contributed by atoms with Crippen LogP contribution in [0.2, 0.25) is 0 Å². The maximum atomic E-state index is 11.7. The fourth-order valence-electron chi connectivity index (χ4n) is 1.51. The van der Waals surface area contributed by atoms with Gasteiger partial charge in [-0.05, 0) is 18.2 Å². The molecule has 0 bridgehead atoms. The van der Waals surface area contributed by atoms with Crippen LogP contribution in [-0.2, 0) is 0 Å². The summed E-state index contributed by atoms with van der Waals surface area (Å²) in [7, 11) is 3.38. The van der Waals surface area contributed by atoms with Gasteiger partial charge in [-0.25, -0.2) is 4.98 Å². The Hall–Kier alpha value is -2.56. The van der Waals surface area contributed by atoms with E-state index in [9.17, 15) is 4.79 Å². The Morgan fingerprint density at radius 3 is 2.53 bits per heavy atom. The number of hydrogen-bond acceptors (Lipinski definition) is 4. The zero-order chi connectivity index (χ0) is 13.8. The summed E-state index contributed by atoms with van der Waals surface area (Å²) in [6.45, 7) is 0. The number of ether oxygens (including phenoxy) is 1. The lowest BCUT2D eigenvalue weighted by Gasteiger charge is -2.10. The van der Waals surface area contributed by atoms with E-state index < -0.39 is 0 Å². The number of benzene rings is 1. The molecule has 0 radical (unpaired) electrons. The first-order valence-corrected chi connectivity index (χ1v) is 5.78. The average molecular weight is 257 g/mol. The molecule has 19 heavy (non-hydrogen) atoms. The van der Waals surface area contributed by atoms with Gasteiger partial charge in [-0.15, -0.1) is 0 Å². The molecule has 2 N–H and O–H groups in total. The first kappa shape index (κ1) is 12.9. The number of nitrogens with zero attached hydrogens (tertiary/aromatic N) is 2. The van der Waals surface area contributed by atoms with Crippen LogP contribution in [0.15, 0.2) is 42.6 Å². The summed E-state index contributed by atoms with van der Waals surface area (Å²) in [6.07, 6.45) is 1.48. The van der Waals surface area contributed by atoms with Gasteiger partial charge in [0.2, 0.25) is 5.88 Å². The Labute approximate surface area is 111 Å². The highest BCUT2D eigenvalue weighted by atomic mass is 16.5. The molecule has 0 unspecified atom stereocenters. The van der Waals surface area contributed by atoms with Crippen molar-refractivity contribution in [3.63, 3.8) is 0 Å². The largest absolute Gasteiger partial charge is 0.437 e. The van der Waals surface area contributed by atoms with Crippen LogP contribution in [0.1, 0.15) is 10.4 Å². The molecule has 0 aliphatic carbocycles. The summed E-state index contributed by atoms with van der Waals surface area (Å²) in [5.74, 6) is 0.841. The first-order chi connectivity index (χ1) is 9.08. The molecule has 5 heteroatoms. The predicted molar refractivity (Wildman–Crippen MR) is 73.2 cm³/mol. The molecule has 1 aromatic carbocycles. The zero-order valence-corrected chi connectivity index (χ0v) is 10.8. The maximum absolute atomic E-state index is 11.7. The van der Waals surface area contributed by atoms with E-state index in [-0.39, 0.29) is 5.91 Å². The van der Waals surface area contributed by atoms with Crippen molar-refractivity contribution in [3.05, 3.63) is 48.2 Å². The van der Waals surface area contributed by atoms with Gasteiger partial charge < -0.3 is 15.4 Å². The van der Waals surface area contributed by atoms with Crippen molar-refractivity contribution in [1.29, 1.82) is 0 Å². The van der Waals surface area contributed by atoms with Crippen molar-refractivity contribution in [2.45, 2.75) is 0 Å². The van der Waals surface area contributed by atoms with Gasteiger partial charge in [0.1, 0.15) is 0 Å². The topological polar surface area (TPSA) is 68.5 Å². The summed E-state index contributed by atoms with van der Waals surface area (Å²) >= 11 is 0. The highest BCUT2D eigenvalue weighted by Gasteiger charge is 2.09. The molecule has 5 nitrogen and oxygen atoms in total. The van der Waals surface area contributed by atoms with Crippen molar-refractivity contribution in [1.82, 2.24) is 9.88 Å². The average Bonchev–Trinajstić information content (AvgIpc) is 2.41. The van der Waals surface area contributed by atoms with Crippen LogP contribution in [-0.4, -0.2) is 29.9 Å². The fourth-order valence-corrected chi connectivity index (χ4v) is 1.51. The van der Waals surface area contributed by atoms with E-state index >= 15 is 0 Å². The molecule has 1 heterocycles. The molecule has 1 aromatic heterocycles. The second-order valence-electron chi connectivity index (χ2n) is 4.22. The maximum Gasteiger partial charge on any atom is 0.254 e. The van der Waals surface area contributed by atoms with E-state index in [0.717, 1.165) is 0 Å². The lowest BCUT2D eigenvalue weighted by atomic mass is 10.2. The molecule has 0 fully saturated rings. The smallest absolute Gasteiger partial charge is 0.254 e. The van der Waals surface area contributed by atoms with Gasteiger partial charge in [0.15, 0.2) is 5.75 Å². The van der Waals surface area contributed by atoms with Gasteiger partial charge in [0.05, 0.1) is 11.3 Å². The first-order valence-electron chi connectivity index (χ1n) is 5.78. The minimum atomic E-state index is -0.0988. The number of nitrogen functional groups attached to an aromatic ring is 1. The molecule has 2 aromatic rings. The van der Waals surface area contributed by atoms with Crippen molar-refractivity contribution in [2.75, 3.05) is 19.8 Å². The molecule has 0 aliphatic heterocycles. The second-order valence-corrected chi connectivity index (χ2v) is 4.22. The molecule has 2 rings (SSSR count). The van der Waals surface area contributed by atoms with Crippen LogP contribution in [0, 0.1) is 0 Å². The van der Waals surface area contributed by atoms with Crippen LogP contribution in [0.25, 0.3) is 0 Å². The molecule has 0 saturated heterocycles. The number of rotatable bonds is 3. The van der Waals surface area contributed by atoms with Gasteiger partial charge in [-0.3, -0.25) is 4.79 Å². The Kier molecular flexibility index (Phi) is 3.66. The molecule has 1 amide bonds. The number of pyridine rings is 1. The highest BCUT2D eigenvalue weighted by Crippen LogP contribution is 2.25. The van der Waals surface area contributed by atoms with Crippen molar-refractivity contribution in [3.8, 4) is 11.6 Å². The third-order valence-corrected chi connectivity index (χ3v) is 2.52. The zero-order valence-electron chi connectivity index (χ0n) is 10.8. The Morgan fingerprint density at radius 2 is 1.95 bits per heavy atom. The van der Waals surface area contributed by atoms with Gasteiger partial charge in [0, 0.05) is 26.4 Å². The van der Waals surface area contributed by atoms with Crippen molar-refractivity contribution < 1.29 is 9.53 Å². The summed E-state index contributed by atoms with van der Waals surface area (Å²) in [5.41, 5.74) is 6.82. The van der Waals surface area contributed by atoms with E-state index in [1.54, 1.807) is 38.4 Å². The number of para-hydroxylation sites is 2. The molecule has 0 aliphatic rings. The number of carbonyl (C=O) groups excluding carboxylic acids is 1. The van der Waals surface area contributed by atoms with Crippen LogP contribution in [0.3, 0.4) is 0 Å². The lowest BCUT2D eigenvalue weighted by Crippen LogP contribution is -2.21. The van der Waals surface area contributed by atoms with E-state index in [4.69, 9.17) is 10.5 Å². The minimum absolute atomic E-state index is 0.0988. The highest BCUT2D eigenvalue weighted by molar-refractivity contribution is 5.93. The van der Waals surface area contributed by atoms with Gasteiger partial charge in [0.25, 0.3) is 5.91 Å². The summed E-state index contributed by atoms with van der Waals surface area (Å²) in [4.78, 5) is 17.3. The molecule has 0 spiro atoms. The summed E-state index contributed by atoms with van der Waals surface area (Å²) < 4.78 is 5.54. The van der Waals surface area contributed by atoms with Crippen LogP contribution >= 0.6 is 0 Å². The lowest BCUT2D eigenvalue weighted by molar-refractivity contribution is 0.0827. The Morgan fingerprint density at radius 1 is 1.21 bits per heavy atom. The standard InChI is InChI=1S/C14H15N3O2/c1-17(2)14(18)10-7-8-13(16-9-10)19-12-6-4-3-5-11(12)15/h3-9H,15H2,1-2H3. The van der Waals surface area contributed by atoms with Crippen LogP contribution in [0.4, 0.5) is 5.69 Å². The molecular formula is C14H15N3O2. The SMILES string of the molecule is CN(C)C(=O)c1ccc(Oc2ccccc2N)nc1. The molecule has 98 valence electrons. The molecular weight excluding hydrogens is 242 g/mol. The Bertz CT molecular complexity index is 579. The number of hydrogen-bond donors (Lipinski definition) is 1. The Balaban J connectivity index is 2.16. The fraction of sp³-hybridized carbons (Fsp3) is 0.143. The van der Waals surface area contributed by atoms with E-state index in [0.29, 0.717) is 22.9 Å². The number of carbonyl (C=O) groups is 1. The molecule has 0 saturated carbocycles. The van der Waals surface area contributed by atoms with Crippen LogP contribution < -0.4 is 10.5 Å².